The molecule has 1 N–H and O–H groups in total. The van der Waals surface area contributed by atoms with Gasteiger partial charge >= 0.3 is 5.97 Å². The molecule has 0 amide bonds. The summed E-state index contributed by atoms with van der Waals surface area (Å²) in [5.41, 5.74) is 2.04. The second-order valence-electron chi connectivity index (χ2n) is 4.92. The minimum atomic E-state index is -0.921. The van der Waals surface area contributed by atoms with Crippen LogP contribution >= 0.6 is 0 Å². The van der Waals surface area contributed by atoms with Gasteiger partial charge in [0.2, 0.25) is 0 Å². The molecule has 1 atom stereocenters. The highest BCUT2D eigenvalue weighted by Gasteiger charge is 2.17. The molecule has 2 heterocycles. The summed E-state index contributed by atoms with van der Waals surface area (Å²) >= 11 is 0. The van der Waals surface area contributed by atoms with E-state index in [9.17, 15) is 4.79 Å². The molecule has 1 aliphatic rings. The summed E-state index contributed by atoms with van der Waals surface area (Å²) < 4.78 is 7.50. The van der Waals surface area contributed by atoms with Crippen LogP contribution in [0.2, 0.25) is 0 Å². The lowest BCUT2D eigenvalue weighted by Crippen LogP contribution is -2.18. The van der Waals surface area contributed by atoms with Crippen molar-refractivity contribution in [1.82, 2.24) is 9.78 Å². The maximum Gasteiger partial charge on any atom is 0.335 e. The van der Waals surface area contributed by atoms with Crippen molar-refractivity contribution in [2.75, 3.05) is 6.61 Å². The van der Waals surface area contributed by atoms with Crippen LogP contribution in [-0.2, 0) is 4.74 Å². The largest absolute Gasteiger partial charge is 0.478 e. The van der Waals surface area contributed by atoms with Gasteiger partial charge in [-0.3, -0.25) is 0 Å². The molecule has 2 aromatic rings. The summed E-state index contributed by atoms with van der Waals surface area (Å²) in [4.78, 5) is 11.0. The van der Waals surface area contributed by atoms with E-state index in [1.165, 1.54) is 0 Å². The third-order valence-corrected chi connectivity index (χ3v) is 3.50. The topological polar surface area (TPSA) is 64.3 Å². The van der Waals surface area contributed by atoms with Gasteiger partial charge in [0, 0.05) is 18.4 Å². The number of carboxylic acid groups (broad SMARTS) is 1. The Hall–Kier alpha value is -2.14. The predicted molar refractivity (Wildman–Crippen MR) is 73.5 cm³/mol. The third-order valence-electron chi connectivity index (χ3n) is 3.50. The molecule has 1 saturated heterocycles. The molecule has 20 heavy (non-hydrogen) atoms. The van der Waals surface area contributed by atoms with Crippen molar-refractivity contribution in [1.29, 1.82) is 0 Å². The SMILES string of the molecule is O=C(O)c1cccc(-c2cnn([C@H]3CCCCO3)c2)c1. The van der Waals surface area contributed by atoms with E-state index < -0.39 is 5.97 Å². The highest BCUT2D eigenvalue weighted by Crippen LogP contribution is 2.25. The summed E-state index contributed by atoms with van der Waals surface area (Å²) in [6.45, 7) is 0.772. The van der Waals surface area contributed by atoms with E-state index in [2.05, 4.69) is 5.10 Å². The van der Waals surface area contributed by atoms with Crippen LogP contribution < -0.4 is 0 Å². The van der Waals surface area contributed by atoms with Gasteiger partial charge in [-0.05, 0) is 37.0 Å². The van der Waals surface area contributed by atoms with Gasteiger partial charge < -0.3 is 9.84 Å². The fourth-order valence-corrected chi connectivity index (χ4v) is 2.41. The fraction of sp³-hybridized carbons (Fsp3) is 0.333. The van der Waals surface area contributed by atoms with Crippen LogP contribution in [0.15, 0.2) is 36.7 Å². The normalized spacial score (nSPS) is 18.9. The van der Waals surface area contributed by atoms with Gasteiger partial charge in [0.15, 0.2) is 0 Å². The monoisotopic (exact) mass is 272 g/mol. The second-order valence-corrected chi connectivity index (χ2v) is 4.92. The zero-order chi connectivity index (χ0) is 13.9. The molecule has 1 aliphatic heterocycles. The minimum absolute atomic E-state index is 0.000145. The van der Waals surface area contributed by atoms with Crippen LogP contribution in [0.4, 0.5) is 0 Å². The Morgan fingerprint density at radius 3 is 3.00 bits per heavy atom. The first-order valence-electron chi connectivity index (χ1n) is 6.73. The lowest BCUT2D eigenvalue weighted by Gasteiger charge is -2.22. The number of carbonyl (C=O) groups is 1. The average molecular weight is 272 g/mol. The highest BCUT2D eigenvalue weighted by atomic mass is 16.5. The van der Waals surface area contributed by atoms with Gasteiger partial charge in [-0.15, -0.1) is 0 Å². The van der Waals surface area contributed by atoms with E-state index in [-0.39, 0.29) is 11.8 Å². The quantitative estimate of drug-likeness (QED) is 0.933. The molecule has 1 fully saturated rings. The van der Waals surface area contributed by atoms with Crippen molar-refractivity contribution < 1.29 is 14.6 Å². The van der Waals surface area contributed by atoms with Crippen LogP contribution in [-0.4, -0.2) is 27.5 Å². The molecule has 0 aliphatic carbocycles. The van der Waals surface area contributed by atoms with E-state index >= 15 is 0 Å². The molecule has 5 heteroatoms. The Morgan fingerprint density at radius 1 is 1.35 bits per heavy atom. The number of carboxylic acids is 1. The smallest absolute Gasteiger partial charge is 0.335 e. The number of aromatic carboxylic acids is 1. The Bertz CT molecular complexity index is 615. The van der Waals surface area contributed by atoms with E-state index in [1.54, 1.807) is 24.4 Å². The summed E-state index contributed by atoms with van der Waals surface area (Å²) in [5, 5.41) is 13.4. The maximum absolute atomic E-state index is 11.0. The molecule has 5 nitrogen and oxygen atoms in total. The molecule has 3 rings (SSSR count). The van der Waals surface area contributed by atoms with Crippen molar-refractivity contribution in [3.63, 3.8) is 0 Å². The first-order valence-corrected chi connectivity index (χ1v) is 6.73. The molecule has 0 radical (unpaired) electrons. The molecule has 0 saturated carbocycles. The standard InChI is InChI=1S/C15H16N2O3/c18-15(19)12-5-3-4-11(8-12)13-9-16-17(10-13)14-6-1-2-7-20-14/h3-5,8-10,14H,1-2,6-7H2,(H,18,19)/t14-/m1/s1. The number of benzene rings is 1. The second kappa shape index (κ2) is 5.46. The zero-order valence-electron chi connectivity index (χ0n) is 11.0. The Labute approximate surface area is 116 Å². The first kappa shape index (κ1) is 12.9. The number of rotatable bonds is 3. The fourth-order valence-electron chi connectivity index (χ4n) is 2.41. The Morgan fingerprint density at radius 2 is 2.25 bits per heavy atom. The van der Waals surface area contributed by atoms with E-state index in [0.29, 0.717) is 0 Å². The van der Waals surface area contributed by atoms with E-state index in [0.717, 1.165) is 37.0 Å². The number of nitrogens with zero attached hydrogens (tertiary/aromatic N) is 2. The van der Waals surface area contributed by atoms with Crippen molar-refractivity contribution in [2.24, 2.45) is 0 Å². The number of hydrogen-bond acceptors (Lipinski definition) is 3. The van der Waals surface area contributed by atoms with Crippen molar-refractivity contribution in [3.05, 3.63) is 42.2 Å². The van der Waals surface area contributed by atoms with Crippen LogP contribution in [0.3, 0.4) is 0 Å². The van der Waals surface area contributed by atoms with Crippen LogP contribution in [0.5, 0.6) is 0 Å². The molecule has 104 valence electrons. The van der Waals surface area contributed by atoms with Crippen molar-refractivity contribution in [3.8, 4) is 11.1 Å². The molecule has 0 unspecified atom stereocenters. The third kappa shape index (κ3) is 2.58. The summed E-state index contributed by atoms with van der Waals surface area (Å²) in [5.74, 6) is -0.921. The van der Waals surface area contributed by atoms with Gasteiger partial charge in [-0.1, -0.05) is 12.1 Å². The lowest BCUT2D eigenvalue weighted by atomic mass is 10.1. The van der Waals surface area contributed by atoms with E-state index in [4.69, 9.17) is 9.84 Å². The van der Waals surface area contributed by atoms with Crippen LogP contribution in [0.1, 0.15) is 35.8 Å². The molecule has 0 spiro atoms. The van der Waals surface area contributed by atoms with Gasteiger partial charge in [0.1, 0.15) is 6.23 Å². The summed E-state index contributed by atoms with van der Waals surface area (Å²) in [7, 11) is 0. The maximum atomic E-state index is 11.0. The highest BCUT2D eigenvalue weighted by molar-refractivity contribution is 5.89. The van der Waals surface area contributed by atoms with Gasteiger partial charge in [-0.25, -0.2) is 9.48 Å². The number of ether oxygens (including phenoxy) is 1. The summed E-state index contributed by atoms with van der Waals surface area (Å²) in [6.07, 6.45) is 6.88. The Kier molecular flexibility index (Phi) is 3.52. The van der Waals surface area contributed by atoms with Crippen LogP contribution in [0, 0.1) is 0 Å². The molecule has 1 aromatic heterocycles. The molecular formula is C15H16N2O3. The molecule has 1 aromatic carbocycles. The minimum Gasteiger partial charge on any atom is -0.478 e. The van der Waals surface area contributed by atoms with Crippen LogP contribution in [0.25, 0.3) is 11.1 Å². The number of hydrogen-bond donors (Lipinski definition) is 1. The van der Waals surface area contributed by atoms with Crippen molar-refractivity contribution in [2.45, 2.75) is 25.5 Å². The summed E-state index contributed by atoms with van der Waals surface area (Å²) in [6, 6.07) is 6.87. The van der Waals surface area contributed by atoms with Gasteiger partial charge in [-0.2, -0.15) is 5.10 Å². The molecular weight excluding hydrogens is 256 g/mol. The predicted octanol–water partition coefficient (Wildman–Crippen LogP) is 2.95. The molecule has 0 bridgehead atoms. The zero-order valence-corrected chi connectivity index (χ0v) is 11.0. The number of aromatic nitrogens is 2. The van der Waals surface area contributed by atoms with Crippen molar-refractivity contribution >= 4 is 5.97 Å². The van der Waals surface area contributed by atoms with Gasteiger partial charge in [0.25, 0.3) is 0 Å². The Balaban J connectivity index is 1.85. The average Bonchev–Trinajstić information content (AvgIpc) is 2.98. The van der Waals surface area contributed by atoms with E-state index in [1.807, 2.05) is 16.9 Å². The lowest BCUT2D eigenvalue weighted by molar-refractivity contribution is -0.0394. The van der Waals surface area contributed by atoms with Gasteiger partial charge in [0.05, 0.1) is 11.8 Å². The first-order chi connectivity index (χ1) is 9.74.